The molecule has 0 fully saturated rings. The van der Waals surface area contributed by atoms with Crippen LogP contribution >= 0.6 is 31.9 Å². The molecule has 1 aliphatic rings. The fourth-order valence-corrected chi connectivity index (χ4v) is 7.99. The predicted octanol–water partition coefficient (Wildman–Crippen LogP) is 4.37. The van der Waals surface area contributed by atoms with Crippen LogP contribution < -0.4 is 10.4 Å². The molecular formula is C18H16Br2Si. The van der Waals surface area contributed by atoms with Crippen molar-refractivity contribution in [3.05, 3.63) is 80.9 Å². The van der Waals surface area contributed by atoms with E-state index < -0.39 is 8.80 Å². The number of halogens is 2. The fourth-order valence-electron chi connectivity index (χ4n) is 2.87. The Morgan fingerprint density at radius 3 is 2.19 bits per heavy atom. The third-order valence-electron chi connectivity index (χ3n) is 3.77. The van der Waals surface area contributed by atoms with Gasteiger partial charge in [0.15, 0.2) is 0 Å². The first-order valence-electron chi connectivity index (χ1n) is 7.10. The van der Waals surface area contributed by atoms with E-state index in [2.05, 4.69) is 98.6 Å². The molecule has 3 rings (SSSR count). The van der Waals surface area contributed by atoms with Crippen LogP contribution in [0.3, 0.4) is 0 Å². The van der Waals surface area contributed by atoms with Crippen molar-refractivity contribution >= 4 is 51.0 Å². The summed E-state index contributed by atoms with van der Waals surface area (Å²) in [6.45, 7) is 0. The Morgan fingerprint density at radius 2 is 1.57 bits per heavy atom. The van der Waals surface area contributed by atoms with Gasteiger partial charge in [0.1, 0.15) is 8.80 Å². The molecule has 1 atom stereocenters. The van der Waals surface area contributed by atoms with Gasteiger partial charge >= 0.3 is 0 Å². The Kier molecular flexibility index (Phi) is 4.94. The molecule has 0 heterocycles. The molecule has 0 aromatic heterocycles. The summed E-state index contributed by atoms with van der Waals surface area (Å²) in [5.41, 5.74) is 0. The van der Waals surface area contributed by atoms with Gasteiger partial charge in [-0.3, -0.25) is 0 Å². The summed E-state index contributed by atoms with van der Waals surface area (Å²) in [5, 5.41) is 4.57. The van der Waals surface area contributed by atoms with E-state index in [1.165, 1.54) is 16.8 Å². The van der Waals surface area contributed by atoms with E-state index in [4.69, 9.17) is 0 Å². The molecule has 0 saturated carbocycles. The van der Waals surface area contributed by atoms with E-state index in [-0.39, 0.29) is 0 Å². The van der Waals surface area contributed by atoms with Gasteiger partial charge in [-0.05, 0) is 31.0 Å². The van der Waals surface area contributed by atoms with Crippen molar-refractivity contribution in [1.82, 2.24) is 0 Å². The fraction of sp³-hybridized carbons (Fsp3) is 0.111. The minimum atomic E-state index is -1.34. The van der Waals surface area contributed by atoms with Crippen molar-refractivity contribution in [3.8, 4) is 0 Å². The normalized spacial score (nSPS) is 15.6. The molecule has 106 valence electrons. The molecule has 2 aromatic rings. The monoisotopic (exact) mass is 418 g/mol. The van der Waals surface area contributed by atoms with E-state index in [9.17, 15) is 0 Å². The third-order valence-corrected chi connectivity index (χ3v) is 7.96. The summed E-state index contributed by atoms with van der Waals surface area (Å²) in [7, 11) is -1.34. The van der Waals surface area contributed by atoms with E-state index >= 15 is 0 Å². The van der Waals surface area contributed by atoms with Crippen molar-refractivity contribution in [3.63, 3.8) is 0 Å². The molecule has 1 unspecified atom stereocenters. The Morgan fingerprint density at radius 1 is 0.857 bits per heavy atom. The van der Waals surface area contributed by atoms with Gasteiger partial charge in [0.05, 0.1) is 0 Å². The lowest BCUT2D eigenvalue weighted by atomic mass is 10.2. The molecule has 0 spiro atoms. The zero-order valence-corrected chi connectivity index (χ0v) is 15.9. The highest BCUT2D eigenvalue weighted by Crippen LogP contribution is 2.20. The van der Waals surface area contributed by atoms with Crippen LogP contribution in [0.25, 0.3) is 0 Å². The van der Waals surface area contributed by atoms with Gasteiger partial charge in [-0.2, -0.15) is 0 Å². The van der Waals surface area contributed by atoms with E-state index in [1.807, 2.05) is 0 Å². The topological polar surface area (TPSA) is 0 Å². The molecule has 2 aromatic carbocycles. The minimum absolute atomic E-state index is 1.15. The summed E-state index contributed by atoms with van der Waals surface area (Å²) in [6, 6.07) is 17.6. The average molecular weight is 420 g/mol. The lowest BCUT2D eigenvalue weighted by molar-refractivity contribution is 1.01. The van der Waals surface area contributed by atoms with Gasteiger partial charge in [-0.1, -0.05) is 96.0 Å². The van der Waals surface area contributed by atoms with Crippen LogP contribution in [0.4, 0.5) is 0 Å². The highest BCUT2D eigenvalue weighted by Gasteiger charge is 2.21. The third kappa shape index (κ3) is 3.65. The smallest absolute Gasteiger partial charge is 0.0842 e. The Labute approximate surface area is 144 Å². The minimum Gasteiger partial charge on any atom is -0.0842 e. The second-order valence-corrected chi connectivity index (χ2v) is 10.0. The zero-order valence-electron chi connectivity index (χ0n) is 11.6. The summed E-state index contributed by atoms with van der Waals surface area (Å²) in [5.74, 6) is 0. The van der Waals surface area contributed by atoms with Crippen LogP contribution in [-0.4, -0.2) is 8.80 Å². The van der Waals surface area contributed by atoms with E-state index in [1.54, 1.807) is 5.20 Å². The Hall–Kier alpha value is -0.903. The van der Waals surface area contributed by atoms with E-state index in [0.29, 0.717) is 0 Å². The maximum Gasteiger partial charge on any atom is 0.128 e. The molecule has 21 heavy (non-hydrogen) atoms. The van der Waals surface area contributed by atoms with Crippen LogP contribution in [0.15, 0.2) is 80.9 Å². The van der Waals surface area contributed by atoms with Crippen LogP contribution in [0.5, 0.6) is 0 Å². The van der Waals surface area contributed by atoms with Crippen molar-refractivity contribution in [1.29, 1.82) is 0 Å². The Bertz CT molecular complexity index is 669. The largest absolute Gasteiger partial charge is 0.128 e. The predicted molar refractivity (Wildman–Crippen MR) is 101 cm³/mol. The second kappa shape index (κ2) is 6.90. The van der Waals surface area contributed by atoms with Gasteiger partial charge in [-0.25, -0.2) is 0 Å². The molecule has 0 amide bonds. The number of rotatable bonds is 3. The summed E-state index contributed by atoms with van der Waals surface area (Å²) in [6.07, 6.45) is 9.16. The summed E-state index contributed by atoms with van der Waals surface area (Å²) < 4.78 is 2.29. The highest BCUT2D eigenvalue weighted by molar-refractivity contribution is 9.11. The summed E-state index contributed by atoms with van der Waals surface area (Å²) in [4.78, 5) is 0. The zero-order chi connectivity index (χ0) is 14.7. The van der Waals surface area contributed by atoms with Crippen LogP contribution in [0.1, 0.15) is 12.8 Å². The lowest BCUT2D eigenvalue weighted by Gasteiger charge is -2.22. The number of hydrogen-bond acceptors (Lipinski definition) is 0. The first kappa shape index (κ1) is 15.0. The molecule has 3 heteroatoms. The van der Waals surface area contributed by atoms with Crippen molar-refractivity contribution < 1.29 is 0 Å². The first-order valence-corrected chi connectivity index (χ1v) is 10.4. The van der Waals surface area contributed by atoms with Crippen molar-refractivity contribution in [2.75, 3.05) is 0 Å². The number of allylic oxidation sites excluding steroid dienone is 4. The number of hydrogen-bond donors (Lipinski definition) is 0. The second-order valence-electron chi connectivity index (χ2n) is 5.25. The lowest BCUT2D eigenvalue weighted by Crippen LogP contribution is -2.44. The van der Waals surface area contributed by atoms with Crippen molar-refractivity contribution in [2.24, 2.45) is 0 Å². The molecular weight excluding hydrogens is 404 g/mol. The van der Waals surface area contributed by atoms with Gasteiger partial charge in [0.25, 0.3) is 0 Å². The van der Waals surface area contributed by atoms with Crippen LogP contribution in [0.2, 0.25) is 0 Å². The average Bonchev–Trinajstić information content (AvgIpc) is 2.49. The highest BCUT2D eigenvalue weighted by atomic mass is 79.9. The standard InChI is InChI=1S/C18H16Br2Si/c19-14-11-15(20)13-18(12-14)21(16-7-3-1-4-8-16)17-9-5-2-6-10-17/h1-5,7-9,11-13,21H,6,10H2. The molecule has 0 aliphatic heterocycles. The van der Waals surface area contributed by atoms with Gasteiger partial charge < -0.3 is 0 Å². The van der Waals surface area contributed by atoms with Crippen LogP contribution in [0, 0.1) is 0 Å². The van der Waals surface area contributed by atoms with E-state index in [0.717, 1.165) is 15.4 Å². The quantitative estimate of drug-likeness (QED) is 0.648. The van der Waals surface area contributed by atoms with Crippen molar-refractivity contribution in [2.45, 2.75) is 12.8 Å². The van der Waals surface area contributed by atoms with Gasteiger partial charge in [-0.15, -0.1) is 0 Å². The maximum atomic E-state index is 3.64. The number of benzene rings is 2. The van der Waals surface area contributed by atoms with Crippen LogP contribution in [-0.2, 0) is 0 Å². The summed E-state index contributed by atoms with van der Waals surface area (Å²) >= 11 is 7.27. The molecule has 1 aliphatic carbocycles. The molecule has 0 N–H and O–H groups in total. The molecule has 0 nitrogen and oxygen atoms in total. The molecule has 0 radical (unpaired) electrons. The van der Waals surface area contributed by atoms with Gasteiger partial charge in [0.2, 0.25) is 0 Å². The Balaban J connectivity index is 2.11. The molecule has 0 bridgehead atoms. The first-order chi connectivity index (χ1) is 10.2. The molecule has 0 saturated heterocycles. The maximum absolute atomic E-state index is 3.64. The van der Waals surface area contributed by atoms with Gasteiger partial charge in [0, 0.05) is 8.95 Å². The SMILES string of the molecule is Brc1cc(Br)cc([SiH](C2=CC=CCC2)c2ccccc2)c1.